The fourth-order valence-corrected chi connectivity index (χ4v) is 8.73. The van der Waals surface area contributed by atoms with Crippen LogP contribution in [-0.4, -0.2) is 76.8 Å². The number of ether oxygens (including phenoxy) is 5. The Bertz CT molecular complexity index is 1050. The highest BCUT2D eigenvalue weighted by atomic mass is 31.2. The molecule has 11 heteroatoms. The molecule has 3 saturated heterocycles. The molecule has 7 aliphatic rings. The Hall–Kier alpha value is -0.840. The molecule has 34 heavy (non-hydrogen) atoms. The van der Waals surface area contributed by atoms with Crippen LogP contribution in [-0.2, 0) is 37.6 Å². The number of epoxide rings is 3. The molecule has 2 saturated carbocycles. The minimum Gasteiger partial charge on any atom is -0.458 e. The minimum atomic E-state index is -4.51. The second-order valence-electron chi connectivity index (χ2n) is 11.4. The van der Waals surface area contributed by atoms with Crippen molar-refractivity contribution < 1.29 is 47.4 Å². The van der Waals surface area contributed by atoms with Crippen molar-refractivity contribution in [2.24, 2.45) is 17.3 Å². The lowest BCUT2D eigenvalue weighted by Gasteiger charge is -2.54. The van der Waals surface area contributed by atoms with E-state index in [0.29, 0.717) is 19.4 Å². The van der Waals surface area contributed by atoms with E-state index in [1.54, 1.807) is 0 Å². The van der Waals surface area contributed by atoms with E-state index in [1.807, 2.05) is 0 Å². The summed E-state index contributed by atoms with van der Waals surface area (Å²) in [5.41, 5.74) is 0.0830. The predicted octanol–water partition coefficient (Wildman–Crippen LogP) is 1.63. The van der Waals surface area contributed by atoms with Crippen LogP contribution in [0.15, 0.2) is 11.1 Å². The van der Waals surface area contributed by atoms with Crippen molar-refractivity contribution in [2.75, 3.05) is 19.8 Å². The van der Waals surface area contributed by atoms with Gasteiger partial charge in [-0.15, -0.1) is 0 Å². The zero-order valence-electron chi connectivity index (χ0n) is 19.5. The lowest BCUT2D eigenvalue weighted by Crippen LogP contribution is -2.69. The molecule has 0 radical (unpaired) electrons. The molecule has 9 atom stereocenters. The van der Waals surface area contributed by atoms with Crippen LogP contribution in [0, 0.1) is 17.3 Å². The fraction of sp³-hybridized carbons (Fsp3) is 0.870. The summed E-state index contributed by atoms with van der Waals surface area (Å²) >= 11 is 0. The molecule has 0 unspecified atom stereocenters. The van der Waals surface area contributed by atoms with Crippen LogP contribution >= 0.6 is 7.82 Å². The number of carbonyl (C=O) groups is 1. The van der Waals surface area contributed by atoms with Crippen LogP contribution in [0.4, 0.5) is 0 Å². The van der Waals surface area contributed by atoms with Gasteiger partial charge in [-0.05, 0) is 43.1 Å². The van der Waals surface area contributed by atoms with Gasteiger partial charge in [0.25, 0.3) is 0 Å². The van der Waals surface area contributed by atoms with Crippen LogP contribution in [0.5, 0.6) is 0 Å². The first kappa shape index (κ1) is 22.4. The number of esters is 1. The number of phosphoric ester groups is 1. The van der Waals surface area contributed by atoms with Crippen LogP contribution in [0.25, 0.3) is 0 Å². The lowest BCUT2D eigenvalue weighted by molar-refractivity contribution is -0.136. The van der Waals surface area contributed by atoms with Gasteiger partial charge >= 0.3 is 13.8 Å². The summed E-state index contributed by atoms with van der Waals surface area (Å²) in [7, 11) is -4.51. The van der Waals surface area contributed by atoms with E-state index >= 15 is 0 Å². The van der Waals surface area contributed by atoms with E-state index < -0.39 is 24.6 Å². The second kappa shape index (κ2) is 6.53. The number of cyclic esters (lactones) is 1. The Labute approximate surface area is 197 Å². The molecule has 4 heterocycles. The molecule has 188 valence electrons. The fourth-order valence-electron chi connectivity index (χ4n) is 8.36. The van der Waals surface area contributed by atoms with Crippen LogP contribution in [0.1, 0.15) is 46.5 Å². The zero-order valence-corrected chi connectivity index (χ0v) is 20.4. The van der Waals surface area contributed by atoms with Crippen molar-refractivity contribution in [1.29, 1.82) is 0 Å². The van der Waals surface area contributed by atoms with Gasteiger partial charge in [0.15, 0.2) is 5.60 Å². The average Bonchev–Trinajstić information content (AvgIpc) is 3.65. The molecule has 0 aromatic rings. The molecule has 4 aliphatic heterocycles. The first-order chi connectivity index (χ1) is 16.0. The normalized spacial score (nSPS) is 51.6. The summed E-state index contributed by atoms with van der Waals surface area (Å²) < 4.78 is 47.2. The maximum absolute atomic E-state index is 12.3. The average molecular weight is 498 g/mol. The molecule has 0 aromatic heterocycles. The molecule has 2 N–H and O–H groups in total. The smallest absolute Gasteiger partial charge is 0.458 e. The monoisotopic (exact) mass is 498 g/mol. The van der Waals surface area contributed by atoms with Gasteiger partial charge in [0.05, 0.1) is 12.7 Å². The lowest BCUT2D eigenvalue weighted by atomic mass is 9.46. The van der Waals surface area contributed by atoms with Gasteiger partial charge in [-0.3, -0.25) is 4.52 Å². The van der Waals surface area contributed by atoms with Gasteiger partial charge < -0.3 is 33.5 Å². The molecule has 2 spiro atoms. The summed E-state index contributed by atoms with van der Waals surface area (Å²) in [5, 5.41) is 0. The quantitative estimate of drug-likeness (QED) is 0.230. The first-order valence-electron chi connectivity index (χ1n) is 12.3. The molecule has 0 aromatic carbocycles. The first-order valence-corrected chi connectivity index (χ1v) is 13.8. The molecular formula is C23H31O10P. The topological polar surface area (TPSA) is 140 Å². The van der Waals surface area contributed by atoms with Crippen LogP contribution in [0.3, 0.4) is 0 Å². The van der Waals surface area contributed by atoms with Gasteiger partial charge in [-0.2, -0.15) is 0 Å². The molecular weight excluding hydrogens is 467 g/mol. The Morgan fingerprint density at radius 2 is 1.97 bits per heavy atom. The third kappa shape index (κ3) is 2.42. The largest absolute Gasteiger partial charge is 0.469 e. The van der Waals surface area contributed by atoms with Crippen molar-refractivity contribution in [3.8, 4) is 0 Å². The Balaban J connectivity index is 1.21. The van der Waals surface area contributed by atoms with Crippen LogP contribution < -0.4 is 0 Å². The van der Waals surface area contributed by atoms with E-state index in [-0.39, 0.29) is 60.8 Å². The van der Waals surface area contributed by atoms with E-state index in [0.717, 1.165) is 24.0 Å². The number of hydrogen-bond acceptors (Lipinski definition) is 8. The highest BCUT2D eigenvalue weighted by Crippen LogP contribution is 2.83. The minimum absolute atomic E-state index is 0.0600. The molecule has 7 rings (SSSR count). The van der Waals surface area contributed by atoms with E-state index in [1.165, 1.54) is 0 Å². The summed E-state index contributed by atoms with van der Waals surface area (Å²) in [6.45, 7) is 7.07. The summed E-state index contributed by atoms with van der Waals surface area (Å²) in [6, 6.07) is 0. The van der Waals surface area contributed by atoms with Gasteiger partial charge in [0.1, 0.15) is 36.1 Å². The molecule has 3 aliphatic carbocycles. The number of hydrogen-bond donors (Lipinski definition) is 2. The highest BCUT2D eigenvalue weighted by molar-refractivity contribution is 7.46. The highest BCUT2D eigenvalue weighted by Gasteiger charge is 3.00. The van der Waals surface area contributed by atoms with Crippen molar-refractivity contribution in [2.45, 2.75) is 87.7 Å². The summed E-state index contributed by atoms with van der Waals surface area (Å²) in [6.07, 6.45) is 2.10. The van der Waals surface area contributed by atoms with E-state index in [9.17, 15) is 9.36 Å². The number of fused-ring (bicyclic) bond motifs is 4. The zero-order chi connectivity index (χ0) is 23.9. The second-order valence-corrected chi connectivity index (χ2v) is 12.7. The van der Waals surface area contributed by atoms with Crippen molar-refractivity contribution in [1.82, 2.24) is 0 Å². The summed E-state index contributed by atoms with van der Waals surface area (Å²) in [5.74, 6) is 0.168. The predicted molar refractivity (Wildman–Crippen MR) is 113 cm³/mol. The van der Waals surface area contributed by atoms with Crippen molar-refractivity contribution >= 4 is 13.8 Å². The standard InChI is InChI=1S/C23H31O10P/c1-11(2)21-16(32-21)17-23(33-17)20(3)6-5-12-13(10-29-18(12)24)14(20)9-15-22(23,31-15)19(21)28-7-4-8-30-34(25,26)27/h11,14-17,19H,4-10H2,1-3H3,(H2,25,26,27)/t14-,15-,16-,17+,19+,20-,21-,22+,23+/m0/s1. The third-order valence-electron chi connectivity index (χ3n) is 9.90. The number of phosphoric acid groups is 1. The molecule has 0 amide bonds. The van der Waals surface area contributed by atoms with Crippen molar-refractivity contribution in [3.63, 3.8) is 0 Å². The van der Waals surface area contributed by atoms with Gasteiger partial charge in [0.2, 0.25) is 0 Å². The SMILES string of the molecule is CC(C)[C@]12O[C@H]1[C@H]1O[C@]13[C@]1(O[C@H]1C[C@H]1C4=C(CC[C@@]13C)C(=O)OC4)[C@@H]2OCCCOP(=O)(O)O. The number of carbonyl (C=O) groups excluding carboxylic acids is 1. The Morgan fingerprint density at radius 3 is 2.71 bits per heavy atom. The molecule has 0 bridgehead atoms. The van der Waals surface area contributed by atoms with Gasteiger partial charge in [-0.25, -0.2) is 9.36 Å². The summed E-state index contributed by atoms with van der Waals surface area (Å²) in [4.78, 5) is 30.2. The third-order valence-corrected chi connectivity index (χ3v) is 10.4. The molecule has 10 nitrogen and oxygen atoms in total. The Kier molecular flexibility index (Phi) is 4.29. The molecule has 5 fully saturated rings. The van der Waals surface area contributed by atoms with E-state index in [4.69, 9.17) is 33.5 Å². The van der Waals surface area contributed by atoms with Crippen LogP contribution in [0.2, 0.25) is 0 Å². The van der Waals surface area contributed by atoms with Crippen molar-refractivity contribution in [3.05, 3.63) is 11.1 Å². The van der Waals surface area contributed by atoms with Gasteiger partial charge in [0, 0.05) is 17.6 Å². The Morgan fingerprint density at radius 1 is 1.18 bits per heavy atom. The van der Waals surface area contributed by atoms with E-state index in [2.05, 4.69) is 25.3 Å². The maximum atomic E-state index is 12.3. The van der Waals surface area contributed by atoms with Gasteiger partial charge in [-0.1, -0.05) is 20.8 Å². The number of rotatable bonds is 7. The maximum Gasteiger partial charge on any atom is 0.469 e.